The van der Waals surface area contributed by atoms with Crippen molar-refractivity contribution in [3.8, 4) is 0 Å². The number of carbonyl (C=O) groups excluding carboxylic acids is 1. The number of aromatic nitrogens is 2. The summed E-state index contributed by atoms with van der Waals surface area (Å²) in [5.41, 5.74) is 0.993. The summed E-state index contributed by atoms with van der Waals surface area (Å²) in [5.74, 6) is 0.0847. The highest BCUT2D eigenvalue weighted by Crippen LogP contribution is 1.93. The smallest absolute Gasteiger partial charge is 0.220 e. The van der Waals surface area contributed by atoms with Gasteiger partial charge in [0.1, 0.15) is 0 Å². The topological polar surface area (TPSA) is 69.8 Å². The van der Waals surface area contributed by atoms with E-state index in [4.69, 9.17) is 0 Å². The Balaban J connectivity index is 2.09. The predicted octanol–water partition coefficient (Wildman–Crippen LogP) is 0.0255. The fourth-order valence-electron chi connectivity index (χ4n) is 1.09. The minimum Gasteiger partial charge on any atom is -0.352 e. The molecule has 5 nitrogen and oxygen atoms in total. The van der Waals surface area contributed by atoms with Crippen molar-refractivity contribution in [1.82, 2.24) is 20.8 Å². The fraction of sp³-hybridized carbons (Fsp3) is 0.556. The highest BCUT2D eigenvalue weighted by molar-refractivity contribution is 5.75. The van der Waals surface area contributed by atoms with Crippen molar-refractivity contribution in [2.24, 2.45) is 0 Å². The standard InChI is InChI=1S/C9H16N4O/c1-10-4-2-3-9(14)11-5-8-6-12-13-7-8/h6-7,10H,2-5H2,1H3,(H,11,14)(H,12,13). The Kier molecular flexibility index (Phi) is 4.71. The molecule has 3 N–H and O–H groups in total. The second kappa shape index (κ2) is 6.15. The van der Waals surface area contributed by atoms with Crippen LogP contribution in [0.5, 0.6) is 0 Å². The number of hydrogen-bond donors (Lipinski definition) is 3. The molecule has 1 aromatic rings. The van der Waals surface area contributed by atoms with Crippen LogP contribution in [0, 0.1) is 0 Å². The second-order valence-corrected chi connectivity index (χ2v) is 3.09. The van der Waals surface area contributed by atoms with Gasteiger partial charge in [-0.2, -0.15) is 5.10 Å². The lowest BCUT2D eigenvalue weighted by Crippen LogP contribution is -2.23. The van der Waals surface area contributed by atoms with Gasteiger partial charge in [-0.15, -0.1) is 0 Å². The summed E-state index contributed by atoms with van der Waals surface area (Å²) >= 11 is 0. The molecule has 5 heteroatoms. The molecule has 1 rings (SSSR count). The number of carbonyl (C=O) groups is 1. The molecule has 0 aliphatic rings. The van der Waals surface area contributed by atoms with Crippen molar-refractivity contribution < 1.29 is 4.79 Å². The van der Waals surface area contributed by atoms with Crippen LogP contribution in [0.4, 0.5) is 0 Å². The van der Waals surface area contributed by atoms with Crippen molar-refractivity contribution in [2.45, 2.75) is 19.4 Å². The largest absolute Gasteiger partial charge is 0.352 e. The van der Waals surface area contributed by atoms with Crippen molar-refractivity contribution >= 4 is 5.91 Å². The van der Waals surface area contributed by atoms with Crippen LogP contribution in [0.25, 0.3) is 0 Å². The first kappa shape index (κ1) is 10.7. The highest BCUT2D eigenvalue weighted by atomic mass is 16.1. The zero-order valence-corrected chi connectivity index (χ0v) is 8.34. The van der Waals surface area contributed by atoms with Gasteiger partial charge in [0.25, 0.3) is 0 Å². The van der Waals surface area contributed by atoms with Gasteiger partial charge in [-0.05, 0) is 20.0 Å². The third-order valence-electron chi connectivity index (χ3n) is 1.88. The lowest BCUT2D eigenvalue weighted by atomic mass is 10.3. The summed E-state index contributed by atoms with van der Waals surface area (Å²) in [6.45, 7) is 1.42. The number of nitrogens with zero attached hydrogens (tertiary/aromatic N) is 1. The maximum atomic E-state index is 11.2. The van der Waals surface area contributed by atoms with Crippen molar-refractivity contribution in [2.75, 3.05) is 13.6 Å². The zero-order valence-electron chi connectivity index (χ0n) is 8.34. The maximum absolute atomic E-state index is 11.2. The molecule has 0 saturated heterocycles. The number of amides is 1. The normalized spacial score (nSPS) is 10.1. The van der Waals surface area contributed by atoms with Gasteiger partial charge in [0.2, 0.25) is 5.91 Å². The number of rotatable bonds is 6. The number of hydrogen-bond acceptors (Lipinski definition) is 3. The summed E-state index contributed by atoms with van der Waals surface area (Å²) in [4.78, 5) is 11.2. The van der Waals surface area contributed by atoms with E-state index in [1.54, 1.807) is 12.4 Å². The van der Waals surface area contributed by atoms with E-state index in [0.29, 0.717) is 13.0 Å². The molecule has 0 aliphatic carbocycles. The fourth-order valence-corrected chi connectivity index (χ4v) is 1.09. The molecule has 0 aromatic carbocycles. The molecular formula is C9H16N4O. The van der Waals surface area contributed by atoms with Gasteiger partial charge in [-0.25, -0.2) is 0 Å². The van der Waals surface area contributed by atoms with Crippen LogP contribution >= 0.6 is 0 Å². The first-order valence-electron chi connectivity index (χ1n) is 4.72. The van der Waals surface area contributed by atoms with E-state index >= 15 is 0 Å². The molecular weight excluding hydrogens is 180 g/mol. The van der Waals surface area contributed by atoms with E-state index in [1.807, 2.05) is 7.05 Å². The van der Waals surface area contributed by atoms with E-state index in [1.165, 1.54) is 0 Å². The van der Waals surface area contributed by atoms with Gasteiger partial charge >= 0.3 is 0 Å². The molecule has 0 saturated carbocycles. The monoisotopic (exact) mass is 196 g/mol. The second-order valence-electron chi connectivity index (χ2n) is 3.09. The third-order valence-corrected chi connectivity index (χ3v) is 1.88. The Morgan fingerprint density at radius 2 is 2.50 bits per heavy atom. The molecule has 0 unspecified atom stereocenters. The van der Waals surface area contributed by atoms with E-state index < -0.39 is 0 Å². The van der Waals surface area contributed by atoms with Crippen molar-refractivity contribution in [3.05, 3.63) is 18.0 Å². The summed E-state index contributed by atoms with van der Waals surface area (Å²) in [6, 6.07) is 0. The Labute approximate surface area is 83.3 Å². The molecule has 0 spiro atoms. The van der Waals surface area contributed by atoms with Crippen molar-refractivity contribution in [3.63, 3.8) is 0 Å². The summed E-state index contributed by atoms with van der Waals surface area (Å²) in [5, 5.41) is 12.3. The first-order chi connectivity index (χ1) is 6.83. The first-order valence-corrected chi connectivity index (χ1v) is 4.72. The maximum Gasteiger partial charge on any atom is 0.220 e. The predicted molar refractivity (Wildman–Crippen MR) is 53.6 cm³/mol. The number of nitrogens with one attached hydrogen (secondary N) is 3. The third kappa shape index (κ3) is 4.04. The molecule has 1 amide bonds. The van der Waals surface area contributed by atoms with Crippen LogP contribution in [0.3, 0.4) is 0 Å². The minimum atomic E-state index is 0.0847. The quantitative estimate of drug-likeness (QED) is 0.562. The van der Waals surface area contributed by atoms with E-state index in [-0.39, 0.29) is 5.91 Å². The molecule has 0 fully saturated rings. The van der Waals surface area contributed by atoms with E-state index in [0.717, 1.165) is 18.5 Å². The molecule has 0 bridgehead atoms. The Morgan fingerprint density at radius 3 is 3.14 bits per heavy atom. The number of H-pyrrole nitrogens is 1. The lowest BCUT2D eigenvalue weighted by Gasteiger charge is -2.02. The Morgan fingerprint density at radius 1 is 1.64 bits per heavy atom. The van der Waals surface area contributed by atoms with Crippen LogP contribution in [0.1, 0.15) is 18.4 Å². The minimum absolute atomic E-state index is 0.0847. The highest BCUT2D eigenvalue weighted by Gasteiger charge is 2.00. The zero-order chi connectivity index (χ0) is 10.2. The SMILES string of the molecule is CNCCCC(=O)NCc1cn[nH]c1. The van der Waals surface area contributed by atoms with Gasteiger partial charge in [0.05, 0.1) is 6.20 Å². The Bertz CT molecular complexity index is 258. The van der Waals surface area contributed by atoms with Crippen molar-refractivity contribution in [1.29, 1.82) is 0 Å². The number of aromatic amines is 1. The van der Waals surface area contributed by atoms with Gasteiger partial charge in [0, 0.05) is 24.7 Å². The average Bonchev–Trinajstić information content (AvgIpc) is 2.68. The van der Waals surface area contributed by atoms with Gasteiger partial charge in [0.15, 0.2) is 0 Å². The van der Waals surface area contributed by atoms with E-state index in [9.17, 15) is 4.79 Å². The summed E-state index contributed by atoms with van der Waals surface area (Å²) in [6.07, 6.45) is 4.91. The van der Waals surface area contributed by atoms with Crippen LogP contribution in [-0.4, -0.2) is 29.7 Å². The molecule has 0 aliphatic heterocycles. The Hall–Kier alpha value is -1.36. The van der Waals surface area contributed by atoms with Crippen LogP contribution in [0.15, 0.2) is 12.4 Å². The summed E-state index contributed by atoms with van der Waals surface area (Å²) in [7, 11) is 1.88. The molecule has 14 heavy (non-hydrogen) atoms. The average molecular weight is 196 g/mol. The molecule has 0 radical (unpaired) electrons. The summed E-state index contributed by atoms with van der Waals surface area (Å²) < 4.78 is 0. The lowest BCUT2D eigenvalue weighted by molar-refractivity contribution is -0.121. The van der Waals surface area contributed by atoms with E-state index in [2.05, 4.69) is 20.8 Å². The van der Waals surface area contributed by atoms with Crippen LogP contribution < -0.4 is 10.6 Å². The van der Waals surface area contributed by atoms with Crippen LogP contribution in [0.2, 0.25) is 0 Å². The van der Waals surface area contributed by atoms with Crippen LogP contribution in [-0.2, 0) is 11.3 Å². The molecule has 0 atom stereocenters. The molecule has 1 heterocycles. The van der Waals surface area contributed by atoms with Gasteiger partial charge in [-0.1, -0.05) is 0 Å². The molecule has 78 valence electrons. The van der Waals surface area contributed by atoms with Gasteiger partial charge < -0.3 is 10.6 Å². The molecule has 1 aromatic heterocycles. The van der Waals surface area contributed by atoms with Gasteiger partial charge in [-0.3, -0.25) is 9.89 Å².